The van der Waals surface area contributed by atoms with Crippen molar-refractivity contribution in [2.75, 3.05) is 29.5 Å². The third-order valence-electron chi connectivity index (χ3n) is 3.66. The lowest BCUT2D eigenvalue weighted by molar-refractivity contribution is -0.114. The average molecular weight is 411 g/mol. The molecule has 0 fully saturated rings. The number of hydrogen-bond donors (Lipinski definition) is 1. The average Bonchev–Trinajstić information content (AvgIpc) is 2.59. The van der Waals surface area contributed by atoms with Crippen LogP contribution in [0.3, 0.4) is 0 Å². The van der Waals surface area contributed by atoms with Gasteiger partial charge in [0.05, 0.1) is 24.1 Å². The van der Waals surface area contributed by atoms with Crippen LogP contribution in [-0.2, 0) is 14.8 Å². The molecule has 2 rings (SSSR count). The normalized spacial score (nSPS) is 11.0. The van der Waals surface area contributed by atoms with Crippen molar-refractivity contribution in [3.8, 4) is 5.75 Å². The van der Waals surface area contributed by atoms with Crippen LogP contribution in [0.25, 0.3) is 0 Å². The van der Waals surface area contributed by atoms with E-state index in [0.29, 0.717) is 17.0 Å². The monoisotopic (exact) mass is 410 g/mol. The predicted molar refractivity (Wildman–Crippen MR) is 105 cm³/mol. The SMILES string of the molecule is COc1ccc(N(CC(=O)Nc2cccc(C(C)=O)c2)S(C)(=O)=O)cc1Cl. The summed E-state index contributed by atoms with van der Waals surface area (Å²) in [5.74, 6) is -0.316. The van der Waals surface area contributed by atoms with Crippen LogP contribution in [0, 0.1) is 0 Å². The van der Waals surface area contributed by atoms with Crippen LogP contribution < -0.4 is 14.4 Å². The molecule has 0 aliphatic carbocycles. The van der Waals surface area contributed by atoms with Gasteiger partial charge in [0.2, 0.25) is 15.9 Å². The largest absolute Gasteiger partial charge is 0.495 e. The molecule has 2 aromatic carbocycles. The van der Waals surface area contributed by atoms with Crippen molar-refractivity contribution in [1.29, 1.82) is 0 Å². The van der Waals surface area contributed by atoms with Crippen LogP contribution in [-0.4, -0.2) is 40.0 Å². The first-order valence-corrected chi connectivity index (χ1v) is 10.1. The molecule has 27 heavy (non-hydrogen) atoms. The Morgan fingerprint density at radius 2 is 1.89 bits per heavy atom. The number of carbonyl (C=O) groups excluding carboxylic acids is 2. The highest BCUT2D eigenvalue weighted by atomic mass is 35.5. The summed E-state index contributed by atoms with van der Waals surface area (Å²) in [5.41, 5.74) is 1.07. The molecule has 1 amide bonds. The highest BCUT2D eigenvalue weighted by Crippen LogP contribution is 2.30. The van der Waals surface area contributed by atoms with E-state index in [0.717, 1.165) is 10.6 Å². The topological polar surface area (TPSA) is 92.8 Å². The second-order valence-electron chi connectivity index (χ2n) is 5.77. The van der Waals surface area contributed by atoms with E-state index >= 15 is 0 Å². The van der Waals surface area contributed by atoms with Crippen LogP contribution in [0.15, 0.2) is 42.5 Å². The van der Waals surface area contributed by atoms with Gasteiger partial charge in [-0.05, 0) is 37.3 Å². The number of Topliss-reactive ketones (excluding diaryl/α,β-unsaturated/α-hetero) is 1. The molecule has 0 aliphatic rings. The van der Waals surface area contributed by atoms with E-state index in [-0.39, 0.29) is 16.5 Å². The molecule has 0 saturated heterocycles. The summed E-state index contributed by atoms with van der Waals surface area (Å²) in [6, 6.07) is 10.8. The van der Waals surface area contributed by atoms with Gasteiger partial charge in [-0.3, -0.25) is 13.9 Å². The van der Waals surface area contributed by atoms with E-state index in [1.165, 1.54) is 38.3 Å². The molecule has 1 N–H and O–H groups in total. The number of nitrogens with zero attached hydrogens (tertiary/aromatic N) is 1. The fourth-order valence-electron chi connectivity index (χ4n) is 2.36. The van der Waals surface area contributed by atoms with Gasteiger partial charge < -0.3 is 10.1 Å². The van der Waals surface area contributed by atoms with Crippen molar-refractivity contribution in [1.82, 2.24) is 0 Å². The van der Waals surface area contributed by atoms with Crippen molar-refractivity contribution in [3.05, 3.63) is 53.1 Å². The number of carbonyl (C=O) groups is 2. The Morgan fingerprint density at radius 3 is 2.44 bits per heavy atom. The molecular formula is C18H19ClN2O5S. The van der Waals surface area contributed by atoms with Gasteiger partial charge >= 0.3 is 0 Å². The number of anilines is 2. The maximum atomic E-state index is 12.4. The number of sulfonamides is 1. The van der Waals surface area contributed by atoms with Crippen LogP contribution in [0.2, 0.25) is 5.02 Å². The summed E-state index contributed by atoms with van der Waals surface area (Å²) in [6.07, 6.45) is 0.995. The van der Waals surface area contributed by atoms with E-state index < -0.39 is 22.5 Å². The summed E-state index contributed by atoms with van der Waals surface area (Å²) in [7, 11) is -2.30. The summed E-state index contributed by atoms with van der Waals surface area (Å²) in [4.78, 5) is 23.8. The highest BCUT2D eigenvalue weighted by molar-refractivity contribution is 7.92. The van der Waals surface area contributed by atoms with Crippen molar-refractivity contribution in [2.24, 2.45) is 0 Å². The van der Waals surface area contributed by atoms with Gasteiger partial charge in [0, 0.05) is 11.3 Å². The fraction of sp³-hybridized carbons (Fsp3) is 0.222. The highest BCUT2D eigenvalue weighted by Gasteiger charge is 2.22. The van der Waals surface area contributed by atoms with Gasteiger partial charge in [0.15, 0.2) is 5.78 Å². The zero-order valence-electron chi connectivity index (χ0n) is 15.0. The number of methoxy groups -OCH3 is 1. The van der Waals surface area contributed by atoms with Crippen molar-refractivity contribution in [3.63, 3.8) is 0 Å². The number of hydrogen-bond acceptors (Lipinski definition) is 5. The fourth-order valence-corrected chi connectivity index (χ4v) is 3.46. The summed E-state index contributed by atoms with van der Waals surface area (Å²) >= 11 is 6.06. The molecule has 7 nitrogen and oxygen atoms in total. The number of ether oxygens (including phenoxy) is 1. The quantitative estimate of drug-likeness (QED) is 0.708. The van der Waals surface area contributed by atoms with Crippen molar-refractivity contribution >= 4 is 44.7 Å². The third-order valence-corrected chi connectivity index (χ3v) is 5.10. The molecule has 9 heteroatoms. The molecule has 0 bridgehead atoms. The van der Waals surface area contributed by atoms with Crippen LogP contribution in [0.1, 0.15) is 17.3 Å². The summed E-state index contributed by atoms with van der Waals surface area (Å²) < 4.78 is 30.3. The smallest absolute Gasteiger partial charge is 0.245 e. The number of halogens is 1. The molecule has 0 atom stereocenters. The van der Waals surface area contributed by atoms with Crippen molar-refractivity contribution in [2.45, 2.75) is 6.92 Å². The van der Waals surface area contributed by atoms with E-state index in [1.807, 2.05) is 0 Å². The first kappa shape index (κ1) is 20.7. The van der Waals surface area contributed by atoms with E-state index in [9.17, 15) is 18.0 Å². The number of amides is 1. The Morgan fingerprint density at radius 1 is 1.19 bits per heavy atom. The Balaban J connectivity index is 2.24. The zero-order chi connectivity index (χ0) is 20.2. The van der Waals surface area contributed by atoms with Gasteiger partial charge in [-0.2, -0.15) is 0 Å². The minimum atomic E-state index is -3.74. The molecule has 0 heterocycles. The minimum absolute atomic E-state index is 0.142. The van der Waals surface area contributed by atoms with Gasteiger partial charge in [-0.1, -0.05) is 23.7 Å². The molecule has 0 aliphatic heterocycles. The molecule has 2 aromatic rings. The van der Waals surface area contributed by atoms with E-state index in [4.69, 9.17) is 16.3 Å². The molecule has 144 valence electrons. The first-order valence-electron chi connectivity index (χ1n) is 7.84. The number of nitrogens with one attached hydrogen (secondary N) is 1. The third kappa shape index (κ3) is 5.45. The predicted octanol–water partition coefficient (Wildman–Crippen LogP) is 2.96. The number of rotatable bonds is 7. The summed E-state index contributed by atoms with van der Waals surface area (Å²) in [6.45, 7) is 0.964. The Labute approximate surface area is 162 Å². The molecule has 0 spiro atoms. The minimum Gasteiger partial charge on any atom is -0.495 e. The molecule has 0 saturated carbocycles. The van der Waals surface area contributed by atoms with E-state index in [2.05, 4.69) is 5.32 Å². The number of ketones is 1. The molecule has 0 unspecified atom stereocenters. The lowest BCUT2D eigenvalue weighted by atomic mass is 10.1. The lowest BCUT2D eigenvalue weighted by Crippen LogP contribution is -2.37. The Bertz CT molecular complexity index is 975. The standard InChI is InChI=1S/C18H19ClN2O5S/c1-12(22)13-5-4-6-14(9-13)20-18(23)11-21(27(3,24)25)15-7-8-17(26-2)16(19)10-15/h4-10H,11H2,1-3H3,(H,20,23). The Hall–Kier alpha value is -2.58. The molecular weight excluding hydrogens is 392 g/mol. The van der Waals surface area contributed by atoms with Crippen molar-refractivity contribution < 1.29 is 22.7 Å². The maximum absolute atomic E-state index is 12.4. The van der Waals surface area contributed by atoms with Crippen LogP contribution in [0.4, 0.5) is 11.4 Å². The Kier molecular flexibility index (Phi) is 6.45. The van der Waals surface area contributed by atoms with Gasteiger partial charge in [-0.15, -0.1) is 0 Å². The molecule has 0 radical (unpaired) electrons. The van der Waals surface area contributed by atoms with Gasteiger partial charge in [0.1, 0.15) is 12.3 Å². The summed E-state index contributed by atoms with van der Waals surface area (Å²) in [5, 5.41) is 2.81. The van der Waals surface area contributed by atoms with Crippen LogP contribution >= 0.6 is 11.6 Å². The van der Waals surface area contributed by atoms with E-state index in [1.54, 1.807) is 18.2 Å². The van der Waals surface area contributed by atoms with Gasteiger partial charge in [-0.25, -0.2) is 8.42 Å². The first-order chi connectivity index (χ1) is 12.6. The molecule has 0 aromatic heterocycles. The van der Waals surface area contributed by atoms with Gasteiger partial charge in [0.25, 0.3) is 0 Å². The second kappa shape index (κ2) is 8.41. The van der Waals surface area contributed by atoms with Crippen LogP contribution in [0.5, 0.6) is 5.75 Å². The number of benzene rings is 2. The second-order valence-corrected chi connectivity index (χ2v) is 8.09. The maximum Gasteiger partial charge on any atom is 0.245 e. The zero-order valence-corrected chi connectivity index (χ0v) is 16.6. The lowest BCUT2D eigenvalue weighted by Gasteiger charge is -2.22.